The summed E-state index contributed by atoms with van der Waals surface area (Å²) in [5.74, 6) is -0.948. The Hall–Kier alpha value is -2.75. The molecule has 0 radical (unpaired) electrons. The summed E-state index contributed by atoms with van der Waals surface area (Å²) in [5.41, 5.74) is 2.36. The van der Waals surface area contributed by atoms with Crippen molar-refractivity contribution in [3.63, 3.8) is 0 Å². The summed E-state index contributed by atoms with van der Waals surface area (Å²) >= 11 is 0. The summed E-state index contributed by atoms with van der Waals surface area (Å²) in [6.45, 7) is 0. The molecule has 0 fully saturated rings. The van der Waals surface area contributed by atoms with Gasteiger partial charge in [0.05, 0.1) is 0 Å². The monoisotopic (exact) mass is 254 g/mol. The van der Waals surface area contributed by atoms with Crippen LogP contribution in [0.4, 0.5) is 0 Å². The van der Waals surface area contributed by atoms with Gasteiger partial charge in [-0.15, -0.1) is 0 Å². The van der Waals surface area contributed by atoms with Crippen LogP contribution in [0.5, 0.6) is 5.75 Å². The molecule has 0 unspecified atom stereocenters. The SMILES string of the molecule is O=C(O)c1cc2ccc(-c3ccc(O)cc3)cc2o1. The summed E-state index contributed by atoms with van der Waals surface area (Å²) < 4.78 is 5.27. The van der Waals surface area contributed by atoms with E-state index in [1.54, 1.807) is 30.3 Å². The molecule has 2 aromatic carbocycles. The van der Waals surface area contributed by atoms with Crippen molar-refractivity contribution < 1.29 is 19.4 Å². The van der Waals surface area contributed by atoms with Gasteiger partial charge in [0.1, 0.15) is 11.3 Å². The average Bonchev–Trinajstić information content (AvgIpc) is 2.82. The Kier molecular flexibility index (Phi) is 2.49. The molecule has 0 bridgehead atoms. The van der Waals surface area contributed by atoms with Crippen LogP contribution in [0.2, 0.25) is 0 Å². The fourth-order valence-electron chi connectivity index (χ4n) is 1.97. The second-order valence-electron chi connectivity index (χ2n) is 4.22. The van der Waals surface area contributed by atoms with Crippen LogP contribution < -0.4 is 0 Å². The zero-order chi connectivity index (χ0) is 13.4. The molecule has 0 spiro atoms. The average molecular weight is 254 g/mol. The molecular formula is C15H10O4. The van der Waals surface area contributed by atoms with Crippen molar-refractivity contribution >= 4 is 16.9 Å². The maximum Gasteiger partial charge on any atom is 0.371 e. The lowest BCUT2D eigenvalue weighted by molar-refractivity contribution is 0.0665. The largest absolute Gasteiger partial charge is 0.508 e. The van der Waals surface area contributed by atoms with E-state index in [0.29, 0.717) is 5.58 Å². The van der Waals surface area contributed by atoms with E-state index in [0.717, 1.165) is 16.5 Å². The predicted molar refractivity (Wildman–Crippen MR) is 70.3 cm³/mol. The van der Waals surface area contributed by atoms with Crippen molar-refractivity contribution in [2.45, 2.75) is 0 Å². The molecule has 0 atom stereocenters. The second kappa shape index (κ2) is 4.17. The van der Waals surface area contributed by atoms with Crippen LogP contribution in [0, 0.1) is 0 Å². The zero-order valence-corrected chi connectivity index (χ0v) is 9.83. The van der Waals surface area contributed by atoms with Crippen molar-refractivity contribution in [2.75, 3.05) is 0 Å². The third-order valence-electron chi connectivity index (χ3n) is 2.93. The summed E-state index contributed by atoms with van der Waals surface area (Å²) in [6.07, 6.45) is 0. The molecule has 0 amide bonds. The number of aromatic carboxylic acids is 1. The molecule has 4 heteroatoms. The van der Waals surface area contributed by atoms with Crippen LogP contribution in [0.3, 0.4) is 0 Å². The van der Waals surface area contributed by atoms with Crippen molar-refractivity contribution in [1.82, 2.24) is 0 Å². The Morgan fingerprint density at radius 2 is 1.63 bits per heavy atom. The van der Waals surface area contributed by atoms with E-state index in [1.165, 1.54) is 6.07 Å². The van der Waals surface area contributed by atoms with E-state index in [-0.39, 0.29) is 11.5 Å². The molecule has 4 nitrogen and oxygen atoms in total. The number of phenols is 1. The third-order valence-corrected chi connectivity index (χ3v) is 2.93. The van der Waals surface area contributed by atoms with E-state index in [4.69, 9.17) is 9.52 Å². The fraction of sp³-hybridized carbons (Fsp3) is 0. The van der Waals surface area contributed by atoms with Gasteiger partial charge in [-0.1, -0.05) is 24.3 Å². The first-order valence-corrected chi connectivity index (χ1v) is 5.70. The normalized spacial score (nSPS) is 10.7. The summed E-state index contributed by atoms with van der Waals surface area (Å²) in [6, 6.07) is 13.8. The maximum atomic E-state index is 10.8. The highest BCUT2D eigenvalue weighted by Crippen LogP contribution is 2.27. The van der Waals surface area contributed by atoms with Crippen molar-refractivity contribution in [3.8, 4) is 16.9 Å². The van der Waals surface area contributed by atoms with Gasteiger partial charge in [0.2, 0.25) is 5.76 Å². The van der Waals surface area contributed by atoms with Gasteiger partial charge in [0.25, 0.3) is 0 Å². The van der Waals surface area contributed by atoms with Gasteiger partial charge in [-0.25, -0.2) is 4.79 Å². The van der Waals surface area contributed by atoms with E-state index in [1.807, 2.05) is 12.1 Å². The fourth-order valence-corrected chi connectivity index (χ4v) is 1.97. The van der Waals surface area contributed by atoms with Gasteiger partial charge >= 0.3 is 5.97 Å². The number of aromatic hydroxyl groups is 1. The molecule has 0 aliphatic heterocycles. The van der Waals surface area contributed by atoms with Gasteiger partial charge in [0.15, 0.2) is 0 Å². The second-order valence-corrected chi connectivity index (χ2v) is 4.22. The van der Waals surface area contributed by atoms with E-state index < -0.39 is 5.97 Å². The predicted octanol–water partition coefficient (Wildman–Crippen LogP) is 3.50. The Bertz CT molecular complexity index is 753. The molecule has 3 rings (SSSR count). The summed E-state index contributed by atoms with van der Waals surface area (Å²) in [4.78, 5) is 10.8. The standard InChI is InChI=1S/C15H10O4/c16-12-5-3-9(4-6-12)10-1-2-11-8-14(15(17)18)19-13(11)7-10/h1-8,16H,(H,17,18). The molecule has 94 valence electrons. The first kappa shape index (κ1) is 11.3. The first-order chi connectivity index (χ1) is 9.13. The molecule has 3 aromatic rings. The van der Waals surface area contributed by atoms with E-state index in [2.05, 4.69) is 0 Å². The van der Waals surface area contributed by atoms with Gasteiger partial charge in [-0.3, -0.25) is 0 Å². The molecular weight excluding hydrogens is 244 g/mol. The molecule has 19 heavy (non-hydrogen) atoms. The van der Waals surface area contributed by atoms with Crippen LogP contribution in [-0.4, -0.2) is 16.2 Å². The van der Waals surface area contributed by atoms with Crippen LogP contribution in [0.15, 0.2) is 52.9 Å². The minimum atomic E-state index is -1.08. The maximum absolute atomic E-state index is 10.8. The van der Waals surface area contributed by atoms with Crippen LogP contribution in [0.1, 0.15) is 10.6 Å². The molecule has 0 aliphatic rings. The minimum absolute atomic E-state index is 0.0714. The highest BCUT2D eigenvalue weighted by molar-refractivity contribution is 5.92. The van der Waals surface area contributed by atoms with Crippen molar-refractivity contribution in [2.24, 2.45) is 0 Å². The number of carboxylic acids is 1. The van der Waals surface area contributed by atoms with Gasteiger partial charge < -0.3 is 14.6 Å². The van der Waals surface area contributed by atoms with Gasteiger partial charge in [0, 0.05) is 5.39 Å². The topological polar surface area (TPSA) is 70.7 Å². The quantitative estimate of drug-likeness (QED) is 0.734. The number of phenolic OH excluding ortho intramolecular Hbond substituents is 1. The molecule has 2 N–H and O–H groups in total. The molecule has 0 saturated carbocycles. The van der Waals surface area contributed by atoms with Crippen LogP contribution in [0.25, 0.3) is 22.1 Å². The van der Waals surface area contributed by atoms with E-state index >= 15 is 0 Å². The molecule has 0 saturated heterocycles. The number of fused-ring (bicyclic) bond motifs is 1. The van der Waals surface area contributed by atoms with Crippen molar-refractivity contribution in [1.29, 1.82) is 0 Å². The van der Waals surface area contributed by atoms with Gasteiger partial charge in [-0.05, 0) is 35.4 Å². The highest BCUT2D eigenvalue weighted by atomic mass is 16.4. The molecule has 1 aromatic heterocycles. The van der Waals surface area contributed by atoms with E-state index in [9.17, 15) is 9.90 Å². The molecule has 0 aliphatic carbocycles. The Morgan fingerprint density at radius 3 is 2.32 bits per heavy atom. The summed E-state index contributed by atoms with van der Waals surface area (Å²) in [7, 11) is 0. The number of hydrogen-bond acceptors (Lipinski definition) is 3. The number of carboxylic acid groups (broad SMARTS) is 1. The Balaban J connectivity index is 2.10. The zero-order valence-electron chi connectivity index (χ0n) is 9.83. The number of hydrogen-bond donors (Lipinski definition) is 2. The highest BCUT2D eigenvalue weighted by Gasteiger charge is 2.10. The lowest BCUT2D eigenvalue weighted by Gasteiger charge is -2.01. The van der Waals surface area contributed by atoms with Crippen LogP contribution >= 0.6 is 0 Å². The Morgan fingerprint density at radius 1 is 0.947 bits per heavy atom. The number of benzene rings is 2. The first-order valence-electron chi connectivity index (χ1n) is 5.70. The number of rotatable bonds is 2. The smallest absolute Gasteiger partial charge is 0.371 e. The summed E-state index contributed by atoms with van der Waals surface area (Å²) in [5, 5.41) is 18.9. The Labute approximate surface area is 108 Å². The minimum Gasteiger partial charge on any atom is -0.508 e. The third kappa shape index (κ3) is 2.04. The van der Waals surface area contributed by atoms with Gasteiger partial charge in [-0.2, -0.15) is 0 Å². The lowest BCUT2D eigenvalue weighted by atomic mass is 10.0. The number of carbonyl (C=O) groups is 1. The number of furan rings is 1. The van der Waals surface area contributed by atoms with Crippen molar-refractivity contribution in [3.05, 3.63) is 54.3 Å². The van der Waals surface area contributed by atoms with Crippen LogP contribution in [-0.2, 0) is 0 Å². The molecule has 1 heterocycles. The lowest BCUT2D eigenvalue weighted by Crippen LogP contribution is -1.91.